The molecule has 1 saturated carbocycles. The van der Waals surface area contributed by atoms with E-state index in [2.05, 4.69) is 19.4 Å². The number of hydrogen-bond acceptors (Lipinski definition) is 6. The normalized spacial score (nSPS) is 15.6. The molecule has 0 radical (unpaired) electrons. The molecule has 1 fully saturated rings. The summed E-state index contributed by atoms with van der Waals surface area (Å²) in [7, 11) is 0. The number of benzene rings is 2. The lowest BCUT2D eigenvalue weighted by atomic mass is 9.83. The van der Waals surface area contributed by atoms with Crippen molar-refractivity contribution in [3.05, 3.63) is 75.8 Å². The van der Waals surface area contributed by atoms with Gasteiger partial charge in [-0.3, -0.25) is 9.59 Å². The van der Waals surface area contributed by atoms with Gasteiger partial charge in [0.05, 0.1) is 12.0 Å². The van der Waals surface area contributed by atoms with Crippen LogP contribution in [0.4, 0.5) is 24.5 Å². The van der Waals surface area contributed by atoms with Crippen LogP contribution in [0, 0.1) is 12.4 Å². The van der Waals surface area contributed by atoms with Gasteiger partial charge in [0.25, 0.3) is 5.56 Å². The molecule has 1 aliphatic heterocycles. The van der Waals surface area contributed by atoms with E-state index in [1.807, 2.05) is 0 Å². The third kappa shape index (κ3) is 4.43. The Hall–Kier alpha value is -4.79. The lowest BCUT2D eigenvalue weighted by Gasteiger charge is -2.22. The van der Waals surface area contributed by atoms with Gasteiger partial charge in [0.2, 0.25) is 5.91 Å². The Morgan fingerprint density at radius 2 is 1.95 bits per heavy atom. The van der Waals surface area contributed by atoms with Gasteiger partial charge in [-0.25, -0.2) is 13.9 Å². The maximum atomic E-state index is 14.4. The van der Waals surface area contributed by atoms with E-state index in [9.17, 15) is 22.8 Å². The van der Waals surface area contributed by atoms with E-state index >= 15 is 0 Å². The molecule has 0 saturated heterocycles. The quantitative estimate of drug-likeness (QED) is 0.274. The van der Waals surface area contributed by atoms with Crippen LogP contribution in [-0.2, 0) is 11.3 Å². The topological polar surface area (TPSA) is 91.2 Å². The number of halogens is 3. The second-order valence-corrected chi connectivity index (χ2v) is 9.58. The number of anilines is 1. The highest BCUT2D eigenvalue weighted by Gasteiger charge is 2.43. The van der Waals surface area contributed by atoms with E-state index in [4.69, 9.17) is 11.0 Å². The maximum absolute atomic E-state index is 14.4. The lowest BCUT2D eigenvalue weighted by Crippen LogP contribution is -2.37. The highest BCUT2D eigenvalue weighted by Crippen LogP contribution is 2.43. The predicted molar refractivity (Wildman–Crippen MR) is 137 cm³/mol. The zero-order valence-corrected chi connectivity index (χ0v) is 21.1. The van der Waals surface area contributed by atoms with Crippen molar-refractivity contribution in [1.82, 2.24) is 9.78 Å². The zero-order chi connectivity index (χ0) is 28.2. The van der Waals surface area contributed by atoms with Crippen molar-refractivity contribution >= 4 is 28.3 Å². The molecule has 2 aliphatic rings. The van der Waals surface area contributed by atoms with Gasteiger partial charge in [-0.1, -0.05) is 6.42 Å². The third-order valence-electron chi connectivity index (χ3n) is 7.04. The average Bonchev–Trinajstić information content (AvgIpc) is 3.44. The van der Waals surface area contributed by atoms with Crippen LogP contribution < -0.4 is 19.9 Å². The molecule has 4 aromatic rings. The van der Waals surface area contributed by atoms with Gasteiger partial charge in [0, 0.05) is 24.2 Å². The van der Waals surface area contributed by atoms with E-state index in [0.29, 0.717) is 5.76 Å². The summed E-state index contributed by atoms with van der Waals surface area (Å²) in [6.45, 7) is 8.62. The van der Waals surface area contributed by atoms with Gasteiger partial charge in [-0.15, -0.1) is 8.78 Å². The summed E-state index contributed by atoms with van der Waals surface area (Å²) in [6, 6.07) is 9.27. The minimum absolute atomic E-state index is 0.0371. The number of aromatic nitrogens is 2. The molecule has 0 bridgehead atoms. The summed E-state index contributed by atoms with van der Waals surface area (Å²) in [5.41, 5.74) is 0.201. The van der Waals surface area contributed by atoms with Crippen molar-refractivity contribution in [3.63, 3.8) is 0 Å². The Morgan fingerprint density at radius 3 is 2.65 bits per heavy atom. The first-order valence-corrected chi connectivity index (χ1v) is 12.6. The van der Waals surface area contributed by atoms with Crippen LogP contribution in [0.5, 0.6) is 11.5 Å². The first kappa shape index (κ1) is 25.5. The molecule has 204 valence electrons. The molecular formula is C28H21F3N4O5. The van der Waals surface area contributed by atoms with Crippen LogP contribution in [0.3, 0.4) is 0 Å². The fraction of sp³-hybridized carbons (Fsp3) is 0.286. The minimum atomic E-state index is -3.81. The largest absolute Gasteiger partial charge is 0.586 e. The Labute approximate surface area is 225 Å². The number of ether oxygens (including phenoxy) is 2. The molecule has 12 heteroatoms. The minimum Gasteiger partial charge on any atom is -0.458 e. The molecule has 0 unspecified atom stereocenters. The lowest BCUT2D eigenvalue weighted by molar-refractivity contribution is -0.286. The number of likely N-dealkylation sites (N-methyl/N-ethyl adjacent to an activating group) is 1. The summed E-state index contributed by atoms with van der Waals surface area (Å²) >= 11 is 0. The molecule has 9 nitrogen and oxygen atoms in total. The van der Waals surface area contributed by atoms with Crippen LogP contribution in [-0.4, -0.2) is 28.5 Å². The summed E-state index contributed by atoms with van der Waals surface area (Å²) in [5.74, 6) is -0.854. The fourth-order valence-corrected chi connectivity index (χ4v) is 4.88. The van der Waals surface area contributed by atoms with E-state index in [-0.39, 0.29) is 57.6 Å². The number of nitrogens with zero attached hydrogens (tertiary/aromatic N) is 4. The monoisotopic (exact) mass is 550 g/mol. The summed E-state index contributed by atoms with van der Waals surface area (Å²) < 4.78 is 57.3. The van der Waals surface area contributed by atoms with Crippen molar-refractivity contribution in [2.75, 3.05) is 11.4 Å². The highest BCUT2D eigenvalue weighted by molar-refractivity contribution is 5.94. The van der Waals surface area contributed by atoms with Gasteiger partial charge >= 0.3 is 6.29 Å². The molecule has 40 heavy (non-hydrogen) atoms. The summed E-state index contributed by atoms with van der Waals surface area (Å²) in [5, 5.41) is 4.56. The van der Waals surface area contributed by atoms with Crippen molar-refractivity contribution in [1.29, 1.82) is 0 Å². The van der Waals surface area contributed by atoms with Crippen molar-refractivity contribution < 1.29 is 31.9 Å². The van der Waals surface area contributed by atoms with Gasteiger partial charge in [-0.05, 0) is 61.7 Å². The molecule has 2 aromatic heterocycles. The first-order chi connectivity index (χ1) is 19.2. The number of amides is 1. The van der Waals surface area contributed by atoms with Crippen LogP contribution in [0.15, 0.2) is 51.7 Å². The van der Waals surface area contributed by atoms with Crippen LogP contribution in [0.1, 0.15) is 37.9 Å². The Bertz CT molecular complexity index is 1770. The standard InChI is InChI=1S/C28H21F3N4O5/c1-3-34(19-7-8-21-23(12-19)40-28(30,31)39-21)24(36)14-35-27(37)20-13-22(15-5-4-6-15)38-26(20)25(33-35)16-9-17(29)11-18(10-16)32-2/h7-13,15H,3-6,14H2,1H3. The van der Waals surface area contributed by atoms with Crippen LogP contribution >= 0.6 is 0 Å². The first-order valence-electron chi connectivity index (χ1n) is 12.6. The fourth-order valence-electron chi connectivity index (χ4n) is 4.88. The molecule has 3 heterocycles. The SMILES string of the molecule is [C-]#[N+]c1cc(F)cc(-c2nn(CC(=O)N(CC)c3ccc4c(c3)OC(F)(F)O4)c(=O)c3cc(C4CCC4)oc23)c1. The number of carbonyl (C=O) groups is 1. The number of rotatable bonds is 6. The van der Waals surface area contributed by atoms with Crippen molar-refractivity contribution in [2.24, 2.45) is 0 Å². The van der Waals surface area contributed by atoms with Crippen LogP contribution in [0.2, 0.25) is 0 Å². The van der Waals surface area contributed by atoms with E-state index in [1.165, 1.54) is 35.2 Å². The van der Waals surface area contributed by atoms with Gasteiger partial charge in [0.15, 0.2) is 22.8 Å². The second-order valence-electron chi connectivity index (χ2n) is 9.58. The average molecular weight is 550 g/mol. The molecule has 1 aliphatic carbocycles. The molecule has 1 amide bonds. The van der Waals surface area contributed by atoms with E-state index < -0.39 is 30.1 Å². The number of carbonyl (C=O) groups excluding carboxylic acids is 1. The summed E-state index contributed by atoms with van der Waals surface area (Å²) in [6.07, 6.45) is -0.958. The Balaban J connectivity index is 1.41. The van der Waals surface area contributed by atoms with Crippen molar-refractivity contribution in [2.45, 2.75) is 44.9 Å². The predicted octanol–water partition coefficient (Wildman–Crippen LogP) is 5.99. The van der Waals surface area contributed by atoms with E-state index in [1.54, 1.807) is 13.0 Å². The number of fused-ring (bicyclic) bond motifs is 2. The van der Waals surface area contributed by atoms with Crippen LogP contribution in [0.25, 0.3) is 27.1 Å². The molecule has 0 N–H and O–H groups in total. The van der Waals surface area contributed by atoms with Gasteiger partial charge in [0.1, 0.15) is 23.8 Å². The number of hydrogen-bond donors (Lipinski definition) is 0. The summed E-state index contributed by atoms with van der Waals surface area (Å²) in [4.78, 5) is 31.5. The van der Waals surface area contributed by atoms with E-state index in [0.717, 1.165) is 30.0 Å². The second kappa shape index (κ2) is 9.44. The van der Waals surface area contributed by atoms with Gasteiger partial charge < -0.3 is 18.8 Å². The molecular weight excluding hydrogens is 529 g/mol. The van der Waals surface area contributed by atoms with Crippen molar-refractivity contribution in [3.8, 4) is 22.8 Å². The Kier molecular flexibility index (Phi) is 6.02. The zero-order valence-electron chi connectivity index (χ0n) is 21.1. The molecule has 2 aromatic carbocycles. The Morgan fingerprint density at radius 1 is 1.18 bits per heavy atom. The molecule has 0 spiro atoms. The number of furan rings is 1. The van der Waals surface area contributed by atoms with Gasteiger partial charge in [-0.2, -0.15) is 5.10 Å². The third-order valence-corrected chi connectivity index (χ3v) is 7.04. The highest BCUT2D eigenvalue weighted by atomic mass is 19.3. The number of alkyl halides is 2. The maximum Gasteiger partial charge on any atom is 0.586 e. The smallest absolute Gasteiger partial charge is 0.458 e. The molecule has 6 rings (SSSR count). The molecule has 0 atom stereocenters.